The van der Waals surface area contributed by atoms with Gasteiger partial charge in [-0.3, -0.25) is 4.79 Å². The zero-order valence-corrected chi connectivity index (χ0v) is 16.1. The van der Waals surface area contributed by atoms with E-state index in [1.54, 1.807) is 6.26 Å². The second-order valence-electron chi connectivity index (χ2n) is 5.16. The molecule has 0 saturated heterocycles. The molecule has 0 bridgehead atoms. The van der Waals surface area contributed by atoms with Crippen molar-refractivity contribution in [3.63, 3.8) is 0 Å². The quantitative estimate of drug-likeness (QED) is 0.545. The second kappa shape index (κ2) is 8.11. The number of halogens is 1. The molecule has 2 aromatic rings. The normalized spacial score (nSPS) is 11.5. The summed E-state index contributed by atoms with van der Waals surface area (Å²) >= 11 is 7.31. The van der Waals surface area contributed by atoms with E-state index in [0.29, 0.717) is 15.4 Å². The van der Waals surface area contributed by atoms with Gasteiger partial charge in [0.1, 0.15) is 4.90 Å². The van der Waals surface area contributed by atoms with Crippen molar-refractivity contribution in [2.45, 2.75) is 29.6 Å². The number of benzene rings is 1. The third-order valence-corrected chi connectivity index (χ3v) is 6.39. The van der Waals surface area contributed by atoms with Crippen LogP contribution in [-0.4, -0.2) is 36.1 Å². The van der Waals surface area contributed by atoms with Crippen molar-refractivity contribution in [2.24, 2.45) is 0 Å². The number of imidazole rings is 1. The van der Waals surface area contributed by atoms with Crippen LogP contribution in [0.25, 0.3) is 0 Å². The smallest absolute Gasteiger partial charge is 0.339 e. The van der Waals surface area contributed by atoms with E-state index in [2.05, 4.69) is 10.3 Å². The van der Waals surface area contributed by atoms with Gasteiger partial charge >= 0.3 is 5.69 Å². The monoisotopic (exact) mass is 403 g/mol. The van der Waals surface area contributed by atoms with Crippen LogP contribution in [0, 0.1) is 0 Å². The topological polar surface area (TPSA) is 101 Å². The number of nitrogens with one attached hydrogen (secondary N) is 2. The van der Waals surface area contributed by atoms with Gasteiger partial charge in [0.25, 0.3) is 15.9 Å². The van der Waals surface area contributed by atoms with Crippen molar-refractivity contribution in [3.05, 3.63) is 45.6 Å². The molecular weight excluding hydrogens is 386 g/mol. The molecule has 0 fully saturated rings. The first-order valence-corrected chi connectivity index (χ1v) is 10.5. The lowest BCUT2D eigenvalue weighted by molar-refractivity contribution is 0.0953. The number of carbonyl (C=O) groups excluding carboxylic acids is 1. The summed E-state index contributed by atoms with van der Waals surface area (Å²) in [6, 6.07) is 2.63. The van der Waals surface area contributed by atoms with E-state index in [9.17, 15) is 18.0 Å². The first-order chi connectivity index (χ1) is 11.8. The van der Waals surface area contributed by atoms with E-state index in [-0.39, 0.29) is 15.5 Å². The van der Waals surface area contributed by atoms with Crippen LogP contribution in [0.5, 0.6) is 0 Å². The highest BCUT2D eigenvalue weighted by atomic mass is 35.5. The predicted octanol–water partition coefficient (Wildman–Crippen LogP) is 2.32. The number of thioether (sulfide) groups is 1. The van der Waals surface area contributed by atoms with Gasteiger partial charge in [0.05, 0.1) is 10.6 Å². The third kappa shape index (κ3) is 4.10. The molecule has 0 aliphatic rings. The molecule has 1 aromatic heterocycles. The number of H-pyrrole nitrogens is 1. The van der Waals surface area contributed by atoms with E-state index in [1.807, 2.05) is 6.92 Å². The minimum absolute atomic E-state index is 0.0535. The largest absolute Gasteiger partial charge is 0.352 e. The number of amides is 1. The second-order valence-corrected chi connectivity index (χ2v) is 8.20. The van der Waals surface area contributed by atoms with E-state index < -0.39 is 21.6 Å². The Kier molecular flexibility index (Phi) is 6.36. The fourth-order valence-corrected chi connectivity index (χ4v) is 4.81. The zero-order chi connectivity index (χ0) is 18.6. The van der Waals surface area contributed by atoms with Crippen LogP contribution in [0.2, 0.25) is 5.02 Å². The van der Waals surface area contributed by atoms with Crippen LogP contribution in [0.3, 0.4) is 0 Å². The Labute approximate surface area is 154 Å². The summed E-state index contributed by atoms with van der Waals surface area (Å²) in [6.07, 6.45) is 5.75. The lowest BCUT2D eigenvalue weighted by atomic mass is 10.2. The Balaban J connectivity index is 2.54. The lowest BCUT2D eigenvalue weighted by Crippen LogP contribution is -2.27. The molecule has 0 atom stereocenters. The van der Waals surface area contributed by atoms with E-state index in [4.69, 9.17) is 11.6 Å². The standard InChI is InChI=1S/C15H18ClN3O4S2/c1-3-4-5-17-14(20)10-8-13(12(24-2)9-11(10)16)25(22,23)19-7-6-18-15(19)21/h6-9H,3-5H2,1-2H3,(H,17,20)(H,18,21). The highest BCUT2D eigenvalue weighted by Crippen LogP contribution is 2.31. The molecule has 0 aliphatic carbocycles. The molecule has 0 radical (unpaired) electrons. The van der Waals surface area contributed by atoms with Gasteiger partial charge in [-0.1, -0.05) is 24.9 Å². The number of aromatic amines is 1. The van der Waals surface area contributed by atoms with Crippen LogP contribution in [0.4, 0.5) is 0 Å². The molecule has 25 heavy (non-hydrogen) atoms. The Morgan fingerprint density at radius 2 is 2.12 bits per heavy atom. The Hall–Kier alpha value is -1.71. The molecular formula is C15H18ClN3O4S2. The number of rotatable bonds is 7. The third-order valence-electron chi connectivity index (χ3n) is 3.47. The van der Waals surface area contributed by atoms with Gasteiger partial charge in [-0.2, -0.15) is 3.97 Å². The number of aromatic nitrogens is 2. The number of unbranched alkanes of at least 4 members (excludes halogenated alkanes) is 1. The molecule has 1 aromatic carbocycles. The molecule has 7 nitrogen and oxygen atoms in total. The maximum absolute atomic E-state index is 12.8. The first-order valence-electron chi connectivity index (χ1n) is 7.50. The highest BCUT2D eigenvalue weighted by molar-refractivity contribution is 7.99. The number of nitrogens with zero attached hydrogens (tertiary/aromatic N) is 1. The van der Waals surface area contributed by atoms with Crippen LogP contribution >= 0.6 is 23.4 Å². The minimum atomic E-state index is -4.15. The van der Waals surface area contributed by atoms with Crippen LogP contribution in [0.15, 0.2) is 39.1 Å². The maximum Gasteiger partial charge on any atom is 0.339 e. The molecule has 1 amide bonds. The number of hydrogen-bond donors (Lipinski definition) is 2. The van der Waals surface area contributed by atoms with Crippen molar-refractivity contribution in [1.82, 2.24) is 14.3 Å². The molecule has 0 spiro atoms. The Morgan fingerprint density at radius 3 is 2.68 bits per heavy atom. The Morgan fingerprint density at radius 1 is 1.40 bits per heavy atom. The average molecular weight is 404 g/mol. The van der Waals surface area contributed by atoms with Gasteiger partial charge in [-0.15, -0.1) is 11.8 Å². The molecule has 2 N–H and O–H groups in total. The van der Waals surface area contributed by atoms with E-state index >= 15 is 0 Å². The molecule has 0 saturated carbocycles. The van der Waals surface area contributed by atoms with E-state index in [1.165, 1.54) is 18.3 Å². The van der Waals surface area contributed by atoms with Gasteiger partial charge in [-0.05, 0) is 24.8 Å². The minimum Gasteiger partial charge on any atom is -0.352 e. The highest BCUT2D eigenvalue weighted by Gasteiger charge is 2.25. The predicted molar refractivity (Wildman–Crippen MR) is 98.1 cm³/mol. The Bertz CT molecular complexity index is 934. The van der Waals surface area contributed by atoms with Gasteiger partial charge in [0.15, 0.2) is 0 Å². The van der Waals surface area contributed by atoms with Crippen molar-refractivity contribution >= 4 is 39.3 Å². The summed E-state index contributed by atoms with van der Waals surface area (Å²) in [5.74, 6) is -0.455. The van der Waals surface area contributed by atoms with Crippen LogP contribution in [-0.2, 0) is 10.0 Å². The van der Waals surface area contributed by atoms with E-state index in [0.717, 1.165) is 30.8 Å². The number of hydrogen-bond acceptors (Lipinski definition) is 5. The molecule has 136 valence electrons. The summed E-state index contributed by atoms with van der Waals surface area (Å²) in [6.45, 7) is 2.46. The molecule has 2 rings (SSSR count). The SMILES string of the molecule is CCCCNC(=O)c1cc(S(=O)(=O)n2cc[nH]c2=O)c(SC)cc1Cl. The average Bonchev–Trinajstić information content (AvgIpc) is 3.01. The molecule has 1 heterocycles. The molecule has 10 heteroatoms. The summed E-state index contributed by atoms with van der Waals surface area (Å²) in [4.78, 5) is 26.5. The van der Waals surface area contributed by atoms with Gasteiger partial charge in [0, 0.05) is 23.8 Å². The lowest BCUT2D eigenvalue weighted by Gasteiger charge is -2.13. The zero-order valence-electron chi connectivity index (χ0n) is 13.7. The fraction of sp³-hybridized carbons (Fsp3) is 0.333. The van der Waals surface area contributed by atoms with Crippen molar-refractivity contribution < 1.29 is 13.2 Å². The van der Waals surface area contributed by atoms with Crippen LogP contribution < -0.4 is 11.0 Å². The summed E-state index contributed by atoms with van der Waals surface area (Å²) in [5, 5.41) is 2.85. The van der Waals surface area contributed by atoms with Crippen molar-refractivity contribution in [2.75, 3.05) is 12.8 Å². The molecule has 0 aliphatic heterocycles. The summed E-state index contributed by atoms with van der Waals surface area (Å²) in [7, 11) is -4.15. The summed E-state index contributed by atoms with van der Waals surface area (Å²) in [5.41, 5.74) is -0.728. The van der Waals surface area contributed by atoms with Gasteiger partial charge in [-0.25, -0.2) is 13.2 Å². The van der Waals surface area contributed by atoms with Gasteiger partial charge < -0.3 is 10.3 Å². The maximum atomic E-state index is 12.8. The van der Waals surface area contributed by atoms with Crippen molar-refractivity contribution in [3.8, 4) is 0 Å². The van der Waals surface area contributed by atoms with Crippen molar-refractivity contribution in [1.29, 1.82) is 0 Å². The molecule has 0 unspecified atom stereocenters. The first kappa shape index (κ1) is 19.6. The summed E-state index contributed by atoms with van der Waals surface area (Å²) < 4.78 is 26.2. The van der Waals surface area contributed by atoms with Crippen LogP contribution in [0.1, 0.15) is 30.1 Å². The van der Waals surface area contributed by atoms with Gasteiger partial charge in [0.2, 0.25) is 0 Å². The fourth-order valence-electron chi connectivity index (χ4n) is 2.15. The number of carbonyl (C=O) groups is 1.